The van der Waals surface area contributed by atoms with Crippen molar-refractivity contribution in [3.63, 3.8) is 0 Å². The molecule has 0 amide bonds. The smallest absolute Gasteiger partial charge is 0.120 e. The molecule has 0 aromatic heterocycles. The zero-order valence-electron chi connectivity index (χ0n) is 8.73. The van der Waals surface area contributed by atoms with E-state index < -0.39 is 0 Å². The van der Waals surface area contributed by atoms with Crippen LogP contribution < -0.4 is 5.46 Å². The van der Waals surface area contributed by atoms with Crippen LogP contribution in [0.3, 0.4) is 0 Å². The Morgan fingerprint density at radius 3 is 2.85 bits per heavy atom. The average Bonchev–Trinajstić information content (AvgIpc) is 2.11. The Labute approximate surface area is 80.4 Å². The zero-order valence-corrected chi connectivity index (χ0v) is 8.73. The highest BCUT2D eigenvalue weighted by molar-refractivity contribution is 6.53. The van der Waals surface area contributed by atoms with E-state index in [1.807, 2.05) is 6.07 Å². The maximum Gasteiger partial charge on any atom is 0.120 e. The van der Waals surface area contributed by atoms with Crippen LogP contribution in [0.25, 0.3) is 0 Å². The van der Waals surface area contributed by atoms with E-state index in [0.717, 1.165) is 0 Å². The van der Waals surface area contributed by atoms with Crippen LogP contribution >= 0.6 is 0 Å². The monoisotopic (exact) mass is 179 g/mol. The molecule has 0 aliphatic carbocycles. The molecule has 0 radical (unpaired) electrons. The van der Waals surface area contributed by atoms with Gasteiger partial charge in [-0.3, -0.25) is 0 Å². The van der Waals surface area contributed by atoms with Crippen molar-refractivity contribution in [3.05, 3.63) is 29.6 Å². The number of aryl methyl sites for hydroxylation is 1. The molecule has 1 rings (SSSR count). The molecule has 0 saturated carbocycles. The number of benzene rings is 1. The third kappa shape index (κ3) is 3.21. The van der Waals surface area contributed by atoms with Gasteiger partial charge in [0.15, 0.2) is 0 Å². The summed E-state index contributed by atoms with van der Waals surface area (Å²) in [7, 11) is -0.0903. The van der Waals surface area contributed by atoms with Crippen molar-refractivity contribution >= 4 is 12.7 Å². The van der Waals surface area contributed by atoms with Crippen molar-refractivity contribution in [1.29, 1.82) is 0 Å². The molecule has 0 aliphatic heterocycles. The first-order valence-corrected chi connectivity index (χ1v) is 5.34. The lowest BCUT2D eigenvalue weighted by Crippen LogP contribution is -2.17. The lowest BCUT2D eigenvalue weighted by Gasteiger charge is -2.10. The van der Waals surface area contributed by atoms with Gasteiger partial charge < -0.3 is 0 Å². The van der Waals surface area contributed by atoms with Gasteiger partial charge in [-0.15, -0.1) is 0 Å². The Kier molecular flexibility index (Phi) is 4.00. The fourth-order valence-corrected chi connectivity index (χ4v) is 1.89. The number of hydrogen-bond donors (Lipinski definition) is 0. The molecule has 0 heterocycles. The first-order chi connectivity index (χ1) is 6.24. The van der Waals surface area contributed by atoms with Crippen molar-refractivity contribution in [3.8, 4) is 0 Å². The number of hydrogen-bond acceptors (Lipinski definition) is 0. The van der Waals surface area contributed by atoms with E-state index in [2.05, 4.69) is 13.8 Å². The van der Waals surface area contributed by atoms with Crippen molar-refractivity contribution in [2.75, 3.05) is 0 Å². The molecule has 0 atom stereocenters. The zero-order chi connectivity index (χ0) is 9.68. The summed E-state index contributed by atoms with van der Waals surface area (Å²) in [5, 5.41) is 0. The molecule has 0 nitrogen and oxygen atoms in total. The summed E-state index contributed by atoms with van der Waals surface area (Å²) in [5.41, 5.74) is 2.55. The summed E-state index contributed by atoms with van der Waals surface area (Å²) in [6.45, 7) is 4.27. The minimum Gasteiger partial charge on any atom is -0.211 e. The van der Waals surface area contributed by atoms with Crippen LogP contribution in [0.15, 0.2) is 18.2 Å². The predicted octanol–water partition coefficient (Wildman–Crippen LogP) is 2.15. The maximum atomic E-state index is 12.9. The second kappa shape index (κ2) is 5.06. The van der Waals surface area contributed by atoms with Gasteiger partial charge in [-0.1, -0.05) is 37.5 Å². The van der Waals surface area contributed by atoms with Gasteiger partial charge in [-0.05, 0) is 20.3 Å². The van der Waals surface area contributed by atoms with E-state index in [0.29, 0.717) is 0 Å². The standard InChI is InChI=1S/C11H17BF/c1-3-4-7-12-11-8-10(13)6-5-9(11)2/h5-6,8H,3-4,7,12H2,1-2H3/q-1. The summed E-state index contributed by atoms with van der Waals surface area (Å²) < 4.78 is 12.9. The molecule has 1 aromatic rings. The van der Waals surface area contributed by atoms with Crippen molar-refractivity contribution < 1.29 is 4.39 Å². The summed E-state index contributed by atoms with van der Waals surface area (Å²) in [6, 6.07) is 5.15. The number of halogens is 1. The van der Waals surface area contributed by atoms with Crippen LogP contribution in [0.4, 0.5) is 4.39 Å². The lowest BCUT2D eigenvalue weighted by atomic mass is 9.64. The molecule has 0 fully saturated rings. The molecule has 0 unspecified atom stereocenters. The van der Waals surface area contributed by atoms with E-state index in [4.69, 9.17) is 0 Å². The molecule has 0 saturated heterocycles. The topological polar surface area (TPSA) is 0 Å². The van der Waals surface area contributed by atoms with Gasteiger partial charge in [0.05, 0.1) is 0 Å². The molecule has 0 spiro atoms. The fourth-order valence-electron chi connectivity index (χ4n) is 1.89. The first kappa shape index (κ1) is 10.3. The van der Waals surface area contributed by atoms with Gasteiger partial charge in [-0.2, -0.15) is 6.32 Å². The van der Waals surface area contributed by atoms with E-state index in [9.17, 15) is 4.39 Å². The third-order valence-corrected chi connectivity index (χ3v) is 2.81. The van der Waals surface area contributed by atoms with Crippen molar-refractivity contribution in [2.24, 2.45) is 0 Å². The average molecular weight is 179 g/mol. The molecule has 0 bridgehead atoms. The second-order valence-electron chi connectivity index (χ2n) is 3.94. The van der Waals surface area contributed by atoms with Gasteiger partial charge in [-0.25, -0.2) is 9.85 Å². The summed E-state index contributed by atoms with van der Waals surface area (Å²) in [4.78, 5) is 0. The van der Waals surface area contributed by atoms with E-state index in [-0.39, 0.29) is 13.1 Å². The van der Waals surface area contributed by atoms with Gasteiger partial charge in [0.2, 0.25) is 0 Å². The van der Waals surface area contributed by atoms with Gasteiger partial charge in [0.25, 0.3) is 0 Å². The van der Waals surface area contributed by atoms with E-state index in [1.165, 1.54) is 30.2 Å². The van der Waals surface area contributed by atoms with Crippen LogP contribution in [0, 0.1) is 12.7 Å². The Hall–Kier alpha value is -0.785. The minimum absolute atomic E-state index is 0.0825. The summed E-state index contributed by atoms with van der Waals surface area (Å²) >= 11 is 0. The highest BCUT2D eigenvalue weighted by Gasteiger charge is 1.94. The molecule has 1 aromatic carbocycles. The molecule has 0 aliphatic rings. The van der Waals surface area contributed by atoms with Gasteiger partial charge in [0, 0.05) is 0 Å². The predicted molar refractivity (Wildman–Crippen MR) is 59.0 cm³/mol. The van der Waals surface area contributed by atoms with Crippen LogP contribution in [0.5, 0.6) is 0 Å². The van der Waals surface area contributed by atoms with Gasteiger partial charge in [0.1, 0.15) is 5.82 Å². The largest absolute Gasteiger partial charge is 0.211 e. The highest BCUT2D eigenvalue weighted by Crippen LogP contribution is 2.00. The lowest BCUT2D eigenvalue weighted by molar-refractivity contribution is 0.628. The highest BCUT2D eigenvalue weighted by atomic mass is 19.1. The molecule has 2 heteroatoms. The fraction of sp³-hybridized carbons (Fsp3) is 0.455. The third-order valence-electron chi connectivity index (χ3n) is 2.81. The molecule has 72 valence electrons. The van der Waals surface area contributed by atoms with E-state index >= 15 is 0 Å². The number of unbranched alkanes of at least 4 members (excludes halogenated alkanes) is 1. The second-order valence-corrected chi connectivity index (χ2v) is 3.94. The van der Waals surface area contributed by atoms with Crippen molar-refractivity contribution in [1.82, 2.24) is 0 Å². The van der Waals surface area contributed by atoms with Crippen LogP contribution in [-0.2, 0) is 0 Å². The quantitative estimate of drug-likeness (QED) is 0.490. The minimum atomic E-state index is -0.0903. The van der Waals surface area contributed by atoms with Crippen LogP contribution in [0.2, 0.25) is 6.32 Å². The Morgan fingerprint density at radius 1 is 1.38 bits per heavy atom. The first-order valence-electron chi connectivity index (χ1n) is 5.34. The summed E-state index contributed by atoms with van der Waals surface area (Å²) in [6.07, 6.45) is 3.83. The summed E-state index contributed by atoms with van der Waals surface area (Å²) in [5.74, 6) is -0.0825. The van der Waals surface area contributed by atoms with Gasteiger partial charge >= 0.3 is 0 Å². The van der Waals surface area contributed by atoms with Crippen molar-refractivity contribution in [2.45, 2.75) is 33.0 Å². The molecule has 0 N–H and O–H groups in total. The molecular weight excluding hydrogens is 162 g/mol. The molecule has 13 heavy (non-hydrogen) atoms. The maximum absolute atomic E-state index is 12.9. The molecular formula is C11H17BF-. The SMILES string of the molecule is CCCC[BH2-]c1cc(F)ccc1C. The Bertz CT molecular complexity index is 271. The normalized spacial score (nSPS) is 10.4. The number of rotatable bonds is 4. The van der Waals surface area contributed by atoms with E-state index in [1.54, 1.807) is 12.1 Å². The van der Waals surface area contributed by atoms with Crippen LogP contribution in [-0.4, -0.2) is 7.28 Å². The Morgan fingerprint density at radius 2 is 2.15 bits per heavy atom. The van der Waals surface area contributed by atoms with Crippen LogP contribution in [0.1, 0.15) is 25.3 Å². The Balaban J connectivity index is 2.59.